The molecule has 2 rings (SSSR count). The van der Waals surface area contributed by atoms with E-state index in [1.807, 2.05) is 17.9 Å². The molecule has 15 heavy (non-hydrogen) atoms. The molecule has 80 valence electrons. The summed E-state index contributed by atoms with van der Waals surface area (Å²) in [4.78, 5) is 18.1. The summed E-state index contributed by atoms with van der Waals surface area (Å²) in [6.45, 7) is 4.94. The monoisotopic (exact) mass is 204 g/mol. The molecule has 1 saturated heterocycles. The second-order valence-electron chi connectivity index (χ2n) is 4.24. The Morgan fingerprint density at radius 1 is 1.53 bits per heavy atom. The second kappa shape index (κ2) is 4.01. The highest BCUT2D eigenvalue weighted by Gasteiger charge is 2.25. The lowest BCUT2D eigenvalue weighted by molar-refractivity contribution is 0.0747. The number of carbonyl (C=O) groups is 1. The molecule has 0 aromatic carbocycles. The molecular weight excluding hydrogens is 188 g/mol. The van der Waals surface area contributed by atoms with Crippen molar-refractivity contribution >= 4 is 5.91 Å². The van der Waals surface area contributed by atoms with Crippen molar-refractivity contribution in [2.75, 3.05) is 6.54 Å². The van der Waals surface area contributed by atoms with E-state index in [1.54, 1.807) is 12.4 Å². The van der Waals surface area contributed by atoms with Gasteiger partial charge in [0.05, 0.1) is 5.56 Å². The van der Waals surface area contributed by atoms with Crippen molar-refractivity contribution in [1.29, 1.82) is 0 Å². The molecule has 1 amide bonds. The summed E-state index contributed by atoms with van der Waals surface area (Å²) in [6, 6.07) is 2.28. The third-order valence-electron chi connectivity index (χ3n) is 2.94. The summed E-state index contributed by atoms with van der Waals surface area (Å²) in [6.07, 6.45) is 5.65. The van der Waals surface area contributed by atoms with Gasteiger partial charge in [-0.15, -0.1) is 0 Å². The molecule has 0 bridgehead atoms. The molecule has 1 aromatic rings. The van der Waals surface area contributed by atoms with Gasteiger partial charge in [0.1, 0.15) is 0 Å². The molecule has 3 heteroatoms. The van der Waals surface area contributed by atoms with Crippen molar-refractivity contribution in [2.45, 2.75) is 32.7 Å². The van der Waals surface area contributed by atoms with Crippen LogP contribution in [0.3, 0.4) is 0 Å². The van der Waals surface area contributed by atoms with E-state index in [0.717, 1.165) is 24.9 Å². The summed E-state index contributed by atoms with van der Waals surface area (Å²) in [5.41, 5.74) is 1.75. The van der Waals surface area contributed by atoms with E-state index < -0.39 is 0 Å². The number of carbonyl (C=O) groups excluding carboxylic acids is 1. The first-order valence-electron chi connectivity index (χ1n) is 5.41. The van der Waals surface area contributed by atoms with Crippen LogP contribution in [0.25, 0.3) is 0 Å². The van der Waals surface area contributed by atoms with Crippen LogP contribution in [0.2, 0.25) is 0 Å². The normalized spacial score (nSPS) is 20.7. The molecule has 1 aliphatic rings. The van der Waals surface area contributed by atoms with Gasteiger partial charge >= 0.3 is 0 Å². The number of aromatic nitrogens is 1. The maximum Gasteiger partial charge on any atom is 0.255 e. The number of hydrogen-bond donors (Lipinski definition) is 0. The average molecular weight is 204 g/mol. The number of amides is 1. The van der Waals surface area contributed by atoms with Gasteiger partial charge in [0.25, 0.3) is 5.91 Å². The molecule has 0 aliphatic carbocycles. The number of aryl methyl sites for hydroxylation is 1. The highest BCUT2D eigenvalue weighted by molar-refractivity contribution is 5.94. The van der Waals surface area contributed by atoms with Crippen molar-refractivity contribution in [3.8, 4) is 0 Å². The molecular formula is C12H16N2O. The van der Waals surface area contributed by atoms with Crippen molar-refractivity contribution in [2.24, 2.45) is 0 Å². The Morgan fingerprint density at radius 2 is 2.33 bits per heavy atom. The smallest absolute Gasteiger partial charge is 0.255 e. The number of rotatable bonds is 1. The van der Waals surface area contributed by atoms with E-state index in [4.69, 9.17) is 0 Å². The Morgan fingerprint density at radius 3 is 2.93 bits per heavy atom. The largest absolute Gasteiger partial charge is 0.336 e. The molecule has 1 aliphatic heterocycles. The van der Waals surface area contributed by atoms with E-state index in [-0.39, 0.29) is 5.91 Å². The number of likely N-dealkylation sites (tertiary alicyclic amines) is 1. The van der Waals surface area contributed by atoms with Gasteiger partial charge in [-0.2, -0.15) is 0 Å². The van der Waals surface area contributed by atoms with Gasteiger partial charge in [-0.3, -0.25) is 9.78 Å². The molecule has 0 spiro atoms. The van der Waals surface area contributed by atoms with Crippen LogP contribution in [0.4, 0.5) is 0 Å². The summed E-state index contributed by atoms with van der Waals surface area (Å²) < 4.78 is 0. The Hall–Kier alpha value is -1.38. The third kappa shape index (κ3) is 2.01. The zero-order chi connectivity index (χ0) is 10.8. The number of hydrogen-bond acceptors (Lipinski definition) is 2. The minimum Gasteiger partial charge on any atom is -0.336 e. The molecule has 2 heterocycles. The van der Waals surface area contributed by atoms with Gasteiger partial charge in [0, 0.05) is 25.0 Å². The Bertz CT molecular complexity index is 376. The van der Waals surface area contributed by atoms with E-state index in [1.165, 1.54) is 0 Å². The second-order valence-corrected chi connectivity index (χ2v) is 4.24. The fourth-order valence-electron chi connectivity index (χ4n) is 2.07. The summed E-state index contributed by atoms with van der Waals surface area (Å²) in [5.74, 6) is 0.121. The zero-order valence-electron chi connectivity index (χ0n) is 9.23. The van der Waals surface area contributed by atoms with Crippen LogP contribution < -0.4 is 0 Å². The zero-order valence-corrected chi connectivity index (χ0v) is 9.23. The van der Waals surface area contributed by atoms with Crippen LogP contribution >= 0.6 is 0 Å². The highest BCUT2D eigenvalue weighted by Crippen LogP contribution is 2.19. The van der Waals surface area contributed by atoms with Crippen molar-refractivity contribution in [1.82, 2.24) is 9.88 Å². The molecule has 1 atom stereocenters. The molecule has 3 nitrogen and oxygen atoms in total. The first kappa shape index (κ1) is 10.1. The van der Waals surface area contributed by atoms with Gasteiger partial charge < -0.3 is 4.90 Å². The van der Waals surface area contributed by atoms with Crippen LogP contribution in [0.5, 0.6) is 0 Å². The fraction of sp³-hybridized carbons (Fsp3) is 0.500. The predicted molar refractivity (Wildman–Crippen MR) is 58.7 cm³/mol. The quantitative estimate of drug-likeness (QED) is 0.701. The van der Waals surface area contributed by atoms with Crippen molar-refractivity contribution in [3.05, 3.63) is 29.6 Å². The molecule has 1 unspecified atom stereocenters. The van der Waals surface area contributed by atoms with E-state index in [2.05, 4.69) is 11.9 Å². The van der Waals surface area contributed by atoms with Crippen molar-refractivity contribution < 1.29 is 4.79 Å². The van der Waals surface area contributed by atoms with Crippen LogP contribution in [0.1, 0.15) is 35.7 Å². The summed E-state index contributed by atoms with van der Waals surface area (Å²) in [7, 11) is 0. The van der Waals surface area contributed by atoms with Gasteiger partial charge in [0.2, 0.25) is 0 Å². The lowest BCUT2D eigenvalue weighted by Gasteiger charge is -2.21. The summed E-state index contributed by atoms with van der Waals surface area (Å²) >= 11 is 0. The molecule has 1 fully saturated rings. The first-order chi connectivity index (χ1) is 7.18. The number of pyridine rings is 1. The van der Waals surface area contributed by atoms with Crippen LogP contribution in [0, 0.1) is 6.92 Å². The van der Waals surface area contributed by atoms with Crippen molar-refractivity contribution in [3.63, 3.8) is 0 Å². The van der Waals surface area contributed by atoms with Gasteiger partial charge in [0.15, 0.2) is 0 Å². The van der Waals surface area contributed by atoms with E-state index >= 15 is 0 Å². The first-order valence-corrected chi connectivity index (χ1v) is 5.41. The van der Waals surface area contributed by atoms with E-state index in [9.17, 15) is 4.79 Å². The van der Waals surface area contributed by atoms with E-state index in [0.29, 0.717) is 11.6 Å². The highest BCUT2D eigenvalue weighted by atomic mass is 16.2. The summed E-state index contributed by atoms with van der Waals surface area (Å²) in [5, 5.41) is 0. The van der Waals surface area contributed by atoms with Gasteiger partial charge in [-0.05, 0) is 38.3 Å². The average Bonchev–Trinajstić information content (AvgIpc) is 2.63. The molecule has 0 N–H and O–H groups in total. The SMILES string of the molecule is Cc1cncc(C(=O)N2CCCC2C)c1. The molecule has 0 saturated carbocycles. The minimum absolute atomic E-state index is 0.121. The predicted octanol–water partition coefficient (Wildman–Crippen LogP) is 2.01. The Balaban J connectivity index is 2.20. The van der Waals surface area contributed by atoms with Crippen LogP contribution in [0.15, 0.2) is 18.5 Å². The number of nitrogens with zero attached hydrogens (tertiary/aromatic N) is 2. The molecule has 1 aromatic heterocycles. The maximum absolute atomic E-state index is 12.1. The maximum atomic E-state index is 12.1. The molecule has 0 radical (unpaired) electrons. The lowest BCUT2D eigenvalue weighted by Crippen LogP contribution is -2.33. The van der Waals surface area contributed by atoms with Gasteiger partial charge in [-0.25, -0.2) is 0 Å². The Kier molecular flexibility index (Phi) is 2.71. The lowest BCUT2D eigenvalue weighted by atomic mass is 10.2. The third-order valence-corrected chi connectivity index (χ3v) is 2.94. The fourth-order valence-corrected chi connectivity index (χ4v) is 2.07. The minimum atomic E-state index is 0.121. The van der Waals surface area contributed by atoms with Crippen LogP contribution in [-0.4, -0.2) is 28.4 Å². The standard InChI is InChI=1S/C12H16N2O/c1-9-6-11(8-13-7-9)12(15)14-5-3-4-10(14)2/h6-8,10H,3-5H2,1-2H3. The topological polar surface area (TPSA) is 33.2 Å². The van der Waals surface area contributed by atoms with Crippen LogP contribution in [-0.2, 0) is 0 Å². The Labute approximate surface area is 90.1 Å². The van der Waals surface area contributed by atoms with Gasteiger partial charge in [-0.1, -0.05) is 0 Å².